The van der Waals surface area contributed by atoms with E-state index in [-0.39, 0.29) is 23.5 Å². The van der Waals surface area contributed by atoms with E-state index < -0.39 is 0 Å². The van der Waals surface area contributed by atoms with Crippen molar-refractivity contribution in [2.45, 2.75) is 59.0 Å². The first kappa shape index (κ1) is 18.9. The van der Waals surface area contributed by atoms with Crippen molar-refractivity contribution in [2.24, 2.45) is 5.92 Å². The number of aliphatic hydroxyl groups is 1. The molecule has 0 spiro atoms. The smallest absolute Gasteiger partial charge is 0.314 e. The lowest BCUT2D eigenvalue weighted by Crippen LogP contribution is -2.38. The van der Waals surface area contributed by atoms with Gasteiger partial charge in [0.2, 0.25) is 0 Å². The van der Waals surface area contributed by atoms with Crippen LogP contribution in [0.5, 0.6) is 0 Å². The number of hydrogen-bond acceptors (Lipinski definition) is 4. The molecule has 0 aliphatic rings. The third kappa shape index (κ3) is 6.75. The minimum absolute atomic E-state index is 0.0744. The molecule has 126 valence electrons. The van der Waals surface area contributed by atoms with Crippen LogP contribution in [0.1, 0.15) is 51.7 Å². The molecule has 0 saturated carbocycles. The van der Waals surface area contributed by atoms with Crippen LogP contribution >= 0.6 is 11.3 Å². The van der Waals surface area contributed by atoms with Crippen LogP contribution in [0.2, 0.25) is 0 Å². The van der Waals surface area contributed by atoms with Gasteiger partial charge in [-0.05, 0) is 12.3 Å². The zero-order valence-electron chi connectivity index (χ0n) is 14.3. The Morgan fingerprint density at radius 2 is 1.95 bits per heavy atom. The van der Waals surface area contributed by atoms with Crippen LogP contribution in [0.4, 0.5) is 4.79 Å². The maximum Gasteiger partial charge on any atom is 0.314 e. The van der Waals surface area contributed by atoms with Gasteiger partial charge in [0.1, 0.15) is 0 Å². The monoisotopic (exact) mass is 327 g/mol. The van der Waals surface area contributed by atoms with E-state index in [1.165, 1.54) is 0 Å². The van der Waals surface area contributed by atoms with E-state index in [4.69, 9.17) is 0 Å². The van der Waals surface area contributed by atoms with Gasteiger partial charge in [0.05, 0.1) is 16.8 Å². The molecule has 1 unspecified atom stereocenters. The molecule has 0 saturated heterocycles. The van der Waals surface area contributed by atoms with Gasteiger partial charge >= 0.3 is 6.03 Å². The molecule has 1 aromatic heterocycles. The number of hydrogen-bond donors (Lipinski definition) is 3. The van der Waals surface area contributed by atoms with Crippen LogP contribution in [0.25, 0.3) is 0 Å². The SMILES string of the molecule is CC(C)C(O)CCNC(=O)NCCc1csc(C(C)(C)C)n1. The van der Waals surface area contributed by atoms with E-state index in [2.05, 4.69) is 41.8 Å². The molecule has 1 aromatic rings. The second kappa shape index (κ2) is 8.48. The van der Waals surface area contributed by atoms with E-state index in [0.717, 1.165) is 17.1 Å². The molecule has 5 nitrogen and oxygen atoms in total. The molecule has 0 bridgehead atoms. The number of nitrogens with zero attached hydrogens (tertiary/aromatic N) is 1. The fourth-order valence-corrected chi connectivity index (χ4v) is 2.74. The van der Waals surface area contributed by atoms with Crippen LogP contribution in [-0.2, 0) is 11.8 Å². The molecule has 1 heterocycles. The van der Waals surface area contributed by atoms with Crippen molar-refractivity contribution in [1.29, 1.82) is 0 Å². The van der Waals surface area contributed by atoms with Crippen molar-refractivity contribution < 1.29 is 9.90 Å². The molecule has 6 heteroatoms. The fourth-order valence-electron chi connectivity index (χ4n) is 1.80. The number of carbonyl (C=O) groups excluding carboxylic acids is 1. The van der Waals surface area contributed by atoms with Crippen molar-refractivity contribution in [3.05, 3.63) is 16.1 Å². The Bertz CT molecular complexity index is 466. The van der Waals surface area contributed by atoms with Crippen LogP contribution < -0.4 is 10.6 Å². The highest BCUT2D eigenvalue weighted by Gasteiger charge is 2.17. The summed E-state index contributed by atoms with van der Waals surface area (Å²) in [6.07, 6.45) is 0.937. The first-order chi connectivity index (χ1) is 10.2. The van der Waals surface area contributed by atoms with Crippen molar-refractivity contribution >= 4 is 17.4 Å². The molecule has 1 rings (SSSR count). The number of rotatable bonds is 7. The van der Waals surface area contributed by atoms with Crippen molar-refractivity contribution in [2.75, 3.05) is 13.1 Å². The fraction of sp³-hybridized carbons (Fsp3) is 0.750. The highest BCUT2D eigenvalue weighted by molar-refractivity contribution is 7.09. The quantitative estimate of drug-likeness (QED) is 0.721. The Kier molecular flexibility index (Phi) is 7.29. The normalized spacial score (nSPS) is 13.2. The maximum atomic E-state index is 11.6. The van der Waals surface area contributed by atoms with E-state index in [9.17, 15) is 9.90 Å². The van der Waals surface area contributed by atoms with Gasteiger partial charge in [-0.2, -0.15) is 0 Å². The summed E-state index contributed by atoms with van der Waals surface area (Å²) in [7, 11) is 0. The van der Waals surface area contributed by atoms with Gasteiger partial charge in [-0.15, -0.1) is 11.3 Å². The summed E-state index contributed by atoms with van der Waals surface area (Å²) in [5.41, 5.74) is 1.09. The predicted molar refractivity (Wildman–Crippen MR) is 91.4 cm³/mol. The lowest BCUT2D eigenvalue weighted by atomic mass is 9.98. The first-order valence-electron chi connectivity index (χ1n) is 7.84. The van der Waals surface area contributed by atoms with Crippen LogP contribution in [0, 0.1) is 5.92 Å². The summed E-state index contributed by atoms with van der Waals surface area (Å²) in [5, 5.41) is 18.4. The number of aliphatic hydroxyl groups excluding tert-OH is 1. The summed E-state index contributed by atoms with van der Waals surface area (Å²) in [4.78, 5) is 16.2. The average Bonchev–Trinajstić information content (AvgIpc) is 2.87. The predicted octanol–water partition coefficient (Wildman–Crippen LogP) is 2.69. The van der Waals surface area contributed by atoms with Crippen LogP contribution in [0.3, 0.4) is 0 Å². The second-order valence-electron chi connectivity index (χ2n) is 6.93. The lowest BCUT2D eigenvalue weighted by Gasteiger charge is -2.14. The Hall–Kier alpha value is -1.14. The van der Waals surface area contributed by atoms with Gasteiger partial charge in [0.25, 0.3) is 0 Å². The van der Waals surface area contributed by atoms with E-state index in [1.807, 2.05) is 13.8 Å². The van der Waals surface area contributed by atoms with E-state index in [1.54, 1.807) is 11.3 Å². The molecular formula is C16H29N3O2S. The van der Waals surface area contributed by atoms with Crippen molar-refractivity contribution in [3.63, 3.8) is 0 Å². The molecular weight excluding hydrogens is 298 g/mol. The molecule has 2 amide bonds. The highest BCUT2D eigenvalue weighted by Crippen LogP contribution is 2.25. The number of amides is 2. The van der Waals surface area contributed by atoms with Crippen molar-refractivity contribution in [1.82, 2.24) is 15.6 Å². The third-order valence-electron chi connectivity index (χ3n) is 3.36. The van der Waals surface area contributed by atoms with E-state index in [0.29, 0.717) is 19.5 Å². The van der Waals surface area contributed by atoms with Gasteiger partial charge in [0.15, 0.2) is 0 Å². The first-order valence-corrected chi connectivity index (χ1v) is 8.72. The molecule has 0 aromatic carbocycles. The number of thiazole rings is 1. The Morgan fingerprint density at radius 1 is 1.32 bits per heavy atom. The average molecular weight is 327 g/mol. The standard InChI is InChI=1S/C16H29N3O2S/c1-11(2)13(20)7-9-18-15(21)17-8-6-12-10-22-14(19-12)16(3,4)5/h10-11,13,20H,6-9H2,1-5H3,(H2,17,18,21). The summed E-state index contributed by atoms with van der Waals surface area (Å²) < 4.78 is 0. The molecule has 22 heavy (non-hydrogen) atoms. The molecule has 0 aliphatic heterocycles. The van der Waals surface area contributed by atoms with Gasteiger partial charge in [-0.1, -0.05) is 34.6 Å². The number of nitrogens with one attached hydrogen (secondary N) is 2. The van der Waals surface area contributed by atoms with Gasteiger partial charge in [-0.25, -0.2) is 9.78 Å². The van der Waals surface area contributed by atoms with Crippen LogP contribution in [0.15, 0.2) is 5.38 Å². The number of urea groups is 1. The summed E-state index contributed by atoms with van der Waals surface area (Å²) in [6, 6.07) is -0.192. The Labute approximate surface area is 137 Å². The zero-order chi connectivity index (χ0) is 16.8. The third-order valence-corrected chi connectivity index (χ3v) is 4.67. The molecule has 1 atom stereocenters. The topological polar surface area (TPSA) is 74.2 Å². The van der Waals surface area contributed by atoms with E-state index >= 15 is 0 Å². The van der Waals surface area contributed by atoms with Crippen molar-refractivity contribution in [3.8, 4) is 0 Å². The molecule has 3 N–H and O–H groups in total. The minimum Gasteiger partial charge on any atom is -0.393 e. The highest BCUT2D eigenvalue weighted by atomic mass is 32.1. The zero-order valence-corrected chi connectivity index (χ0v) is 15.1. The van der Waals surface area contributed by atoms with Crippen LogP contribution in [-0.4, -0.2) is 35.3 Å². The maximum absolute atomic E-state index is 11.6. The largest absolute Gasteiger partial charge is 0.393 e. The van der Waals surface area contributed by atoms with Gasteiger partial charge in [-0.3, -0.25) is 0 Å². The Balaban J connectivity index is 2.21. The minimum atomic E-state index is -0.369. The summed E-state index contributed by atoms with van der Waals surface area (Å²) >= 11 is 1.67. The summed E-state index contributed by atoms with van der Waals surface area (Å²) in [5.74, 6) is 0.214. The number of carbonyl (C=O) groups is 1. The summed E-state index contributed by atoms with van der Waals surface area (Å²) in [6.45, 7) is 11.4. The Morgan fingerprint density at radius 3 is 2.50 bits per heavy atom. The molecule has 0 radical (unpaired) electrons. The van der Waals surface area contributed by atoms with Gasteiger partial charge in [0, 0.05) is 30.3 Å². The second-order valence-corrected chi connectivity index (χ2v) is 7.78. The van der Waals surface area contributed by atoms with Gasteiger partial charge < -0.3 is 15.7 Å². The lowest BCUT2D eigenvalue weighted by molar-refractivity contribution is 0.116. The number of aromatic nitrogens is 1. The molecule has 0 aliphatic carbocycles. The molecule has 0 fully saturated rings.